The molecule has 1 aromatic rings. The summed E-state index contributed by atoms with van der Waals surface area (Å²) in [5.41, 5.74) is 5.52. The van der Waals surface area contributed by atoms with Gasteiger partial charge in [-0.15, -0.1) is 11.8 Å². The number of carbonyl (C=O) groups is 3. The van der Waals surface area contributed by atoms with Crippen LogP contribution in [0, 0.1) is 0 Å². The average Bonchev–Trinajstić information content (AvgIpc) is 2.43. The molecule has 8 heteroatoms. The largest absolute Gasteiger partial charge is 0.480 e. The molecule has 0 aromatic heterocycles. The van der Waals surface area contributed by atoms with Gasteiger partial charge in [-0.2, -0.15) is 0 Å². The summed E-state index contributed by atoms with van der Waals surface area (Å²) in [5.74, 6) is -1.83. The Kier molecular flexibility index (Phi) is 6.54. The lowest BCUT2D eigenvalue weighted by molar-refractivity contribution is -0.139. The molecule has 0 fully saturated rings. The van der Waals surface area contributed by atoms with Crippen LogP contribution in [0.1, 0.15) is 12.8 Å². The molecule has 114 valence electrons. The summed E-state index contributed by atoms with van der Waals surface area (Å²) in [6.07, 6.45) is 1.74. The molecule has 0 aliphatic rings. The number of carboxylic acids is 1. The topological polar surface area (TPSA) is 122 Å². The first kappa shape index (κ1) is 16.8. The Morgan fingerprint density at radius 3 is 2.67 bits per heavy atom. The minimum absolute atomic E-state index is 0.0526. The van der Waals surface area contributed by atoms with Gasteiger partial charge in [0.25, 0.3) is 0 Å². The van der Waals surface area contributed by atoms with E-state index >= 15 is 0 Å². The van der Waals surface area contributed by atoms with Crippen LogP contribution < -0.4 is 16.4 Å². The molecule has 0 radical (unpaired) electrons. The van der Waals surface area contributed by atoms with E-state index in [1.54, 1.807) is 18.2 Å². The fourth-order valence-electron chi connectivity index (χ4n) is 1.57. The third kappa shape index (κ3) is 6.17. The van der Waals surface area contributed by atoms with Crippen LogP contribution in [-0.4, -0.2) is 35.3 Å². The molecular formula is C13H17N3O4S. The number of anilines is 1. The van der Waals surface area contributed by atoms with Gasteiger partial charge >= 0.3 is 12.0 Å². The van der Waals surface area contributed by atoms with E-state index in [1.165, 1.54) is 11.8 Å². The van der Waals surface area contributed by atoms with E-state index in [2.05, 4.69) is 10.6 Å². The van der Waals surface area contributed by atoms with Crippen molar-refractivity contribution >= 4 is 35.4 Å². The predicted molar refractivity (Wildman–Crippen MR) is 80.2 cm³/mol. The lowest BCUT2D eigenvalue weighted by Crippen LogP contribution is -2.43. The summed E-state index contributed by atoms with van der Waals surface area (Å²) in [7, 11) is 0. The van der Waals surface area contributed by atoms with Crippen molar-refractivity contribution in [1.82, 2.24) is 5.32 Å². The second-order valence-corrected chi connectivity index (χ2v) is 5.11. The summed E-state index contributed by atoms with van der Waals surface area (Å²) in [4.78, 5) is 34.4. The zero-order chi connectivity index (χ0) is 15.8. The first-order chi connectivity index (χ1) is 9.92. The second kappa shape index (κ2) is 8.15. The van der Waals surface area contributed by atoms with Gasteiger partial charge in [0.05, 0.1) is 0 Å². The number of nitrogens with two attached hydrogens (primary N) is 1. The third-order valence-electron chi connectivity index (χ3n) is 2.61. The number of rotatable bonds is 7. The molecule has 7 nitrogen and oxygen atoms in total. The van der Waals surface area contributed by atoms with E-state index in [0.29, 0.717) is 5.69 Å². The summed E-state index contributed by atoms with van der Waals surface area (Å²) in [6, 6.07) is 5.32. The van der Waals surface area contributed by atoms with Crippen LogP contribution in [0.25, 0.3) is 0 Å². The number of hydrogen-bond acceptors (Lipinski definition) is 4. The number of carboxylic acid groups (broad SMARTS) is 1. The van der Waals surface area contributed by atoms with Crippen LogP contribution >= 0.6 is 11.8 Å². The third-order valence-corrected chi connectivity index (χ3v) is 3.34. The van der Waals surface area contributed by atoms with E-state index in [0.717, 1.165) is 4.90 Å². The molecule has 0 unspecified atom stereocenters. The van der Waals surface area contributed by atoms with E-state index < -0.39 is 23.9 Å². The van der Waals surface area contributed by atoms with Gasteiger partial charge in [0.1, 0.15) is 6.04 Å². The Balaban J connectivity index is 2.60. The van der Waals surface area contributed by atoms with Crippen LogP contribution in [-0.2, 0) is 9.59 Å². The van der Waals surface area contributed by atoms with Crippen LogP contribution in [0.3, 0.4) is 0 Å². The Hall–Kier alpha value is -2.22. The van der Waals surface area contributed by atoms with Crippen molar-refractivity contribution in [3.63, 3.8) is 0 Å². The molecule has 0 spiro atoms. The fraction of sp³-hybridized carbons (Fsp3) is 0.308. The maximum atomic E-state index is 11.8. The van der Waals surface area contributed by atoms with Gasteiger partial charge in [0, 0.05) is 17.0 Å². The SMILES string of the molecule is CSc1cccc(NC(=O)N[C@H](CCC(N)=O)C(=O)O)c1. The average molecular weight is 311 g/mol. The second-order valence-electron chi connectivity index (χ2n) is 4.23. The van der Waals surface area contributed by atoms with Crippen molar-refractivity contribution in [2.75, 3.05) is 11.6 Å². The van der Waals surface area contributed by atoms with E-state index in [9.17, 15) is 14.4 Å². The molecule has 21 heavy (non-hydrogen) atoms. The molecule has 3 amide bonds. The van der Waals surface area contributed by atoms with Gasteiger partial charge < -0.3 is 21.5 Å². The standard InChI is InChI=1S/C13H17N3O4S/c1-21-9-4-2-3-8(7-9)15-13(20)16-10(12(18)19)5-6-11(14)17/h2-4,7,10H,5-6H2,1H3,(H2,14,17)(H,18,19)(H2,15,16,20)/t10-/m1/s1. The maximum Gasteiger partial charge on any atom is 0.326 e. The van der Waals surface area contributed by atoms with Crippen LogP contribution in [0.2, 0.25) is 0 Å². The first-order valence-electron chi connectivity index (χ1n) is 6.15. The van der Waals surface area contributed by atoms with Crippen molar-refractivity contribution in [1.29, 1.82) is 0 Å². The monoisotopic (exact) mass is 311 g/mol. The maximum absolute atomic E-state index is 11.8. The highest BCUT2D eigenvalue weighted by atomic mass is 32.2. The Bertz CT molecular complexity index is 536. The highest BCUT2D eigenvalue weighted by Gasteiger charge is 2.20. The van der Waals surface area contributed by atoms with Gasteiger partial charge in [0.15, 0.2) is 0 Å². The molecular weight excluding hydrogens is 294 g/mol. The highest BCUT2D eigenvalue weighted by molar-refractivity contribution is 7.98. The smallest absolute Gasteiger partial charge is 0.326 e. The minimum atomic E-state index is -1.22. The molecule has 1 rings (SSSR count). The number of aliphatic carboxylic acids is 1. The lowest BCUT2D eigenvalue weighted by Gasteiger charge is -2.14. The number of hydrogen-bond donors (Lipinski definition) is 4. The first-order valence-corrected chi connectivity index (χ1v) is 7.37. The number of urea groups is 1. The Labute approximate surface area is 126 Å². The summed E-state index contributed by atoms with van der Waals surface area (Å²) < 4.78 is 0. The molecule has 5 N–H and O–H groups in total. The molecule has 1 aromatic carbocycles. The molecule has 0 saturated carbocycles. The molecule has 0 bridgehead atoms. The summed E-state index contributed by atoms with van der Waals surface area (Å²) in [6.45, 7) is 0. The van der Waals surface area contributed by atoms with Crippen LogP contribution in [0.5, 0.6) is 0 Å². The van der Waals surface area contributed by atoms with Gasteiger partial charge in [-0.05, 0) is 30.9 Å². The number of nitrogens with one attached hydrogen (secondary N) is 2. The van der Waals surface area contributed by atoms with Crippen molar-refractivity contribution in [3.05, 3.63) is 24.3 Å². The van der Waals surface area contributed by atoms with Crippen molar-refractivity contribution in [2.45, 2.75) is 23.8 Å². The lowest BCUT2D eigenvalue weighted by atomic mass is 10.1. The van der Waals surface area contributed by atoms with Crippen molar-refractivity contribution in [2.24, 2.45) is 5.73 Å². The van der Waals surface area contributed by atoms with E-state index in [1.807, 2.05) is 12.3 Å². The minimum Gasteiger partial charge on any atom is -0.480 e. The van der Waals surface area contributed by atoms with Gasteiger partial charge in [0.2, 0.25) is 5.91 Å². The predicted octanol–water partition coefficient (Wildman–Crippen LogP) is 1.25. The molecule has 1 atom stereocenters. The molecule has 0 saturated heterocycles. The fourth-order valence-corrected chi connectivity index (χ4v) is 2.03. The van der Waals surface area contributed by atoms with Gasteiger partial charge in [-0.3, -0.25) is 4.79 Å². The number of amides is 3. The van der Waals surface area contributed by atoms with E-state index in [-0.39, 0.29) is 12.8 Å². The zero-order valence-electron chi connectivity index (χ0n) is 11.5. The molecule has 0 aliphatic heterocycles. The van der Waals surface area contributed by atoms with Crippen LogP contribution in [0.4, 0.5) is 10.5 Å². The number of carbonyl (C=O) groups excluding carboxylic acids is 2. The number of thioether (sulfide) groups is 1. The summed E-state index contributed by atoms with van der Waals surface area (Å²) in [5, 5.41) is 13.8. The number of benzene rings is 1. The molecule has 0 aliphatic carbocycles. The Morgan fingerprint density at radius 2 is 2.10 bits per heavy atom. The van der Waals surface area contributed by atoms with Crippen molar-refractivity contribution in [3.8, 4) is 0 Å². The quantitative estimate of drug-likeness (QED) is 0.565. The van der Waals surface area contributed by atoms with Gasteiger partial charge in [-0.25, -0.2) is 9.59 Å². The normalized spacial score (nSPS) is 11.5. The van der Waals surface area contributed by atoms with Gasteiger partial charge in [-0.1, -0.05) is 6.07 Å². The van der Waals surface area contributed by atoms with E-state index in [4.69, 9.17) is 10.8 Å². The number of primary amides is 1. The van der Waals surface area contributed by atoms with Crippen LogP contribution in [0.15, 0.2) is 29.2 Å². The Morgan fingerprint density at radius 1 is 1.38 bits per heavy atom. The highest BCUT2D eigenvalue weighted by Crippen LogP contribution is 2.18. The summed E-state index contributed by atoms with van der Waals surface area (Å²) >= 11 is 1.52. The van der Waals surface area contributed by atoms with Crippen molar-refractivity contribution < 1.29 is 19.5 Å². The zero-order valence-corrected chi connectivity index (χ0v) is 12.3. The molecule has 0 heterocycles.